The van der Waals surface area contributed by atoms with Crippen molar-refractivity contribution in [3.63, 3.8) is 0 Å². The molecule has 0 spiro atoms. The Bertz CT molecular complexity index is 342. The Morgan fingerprint density at radius 3 is 2.50 bits per heavy atom. The van der Waals surface area contributed by atoms with Gasteiger partial charge in [0, 0.05) is 11.8 Å². The Hall–Kier alpha value is -1.09. The van der Waals surface area contributed by atoms with E-state index in [1.54, 1.807) is 6.07 Å². The number of nitrogens with zero attached hydrogens (tertiary/aromatic N) is 1. The van der Waals surface area contributed by atoms with Crippen molar-refractivity contribution < 1.29 is 9.84 Å². The lowest BCUT2D eigenvalue weighted by molar-refractivity contribution is 0.235. The van der Waals surface area contributed by atoms with Gasteiger partial charge in [-0.25, -0.2) is 4.98 Å². The van der Waals surface area contributed by atoms with Crippen LogP contribution in [0.1, 0.15) is 38.4 Å². The normalized spacial score (nSPS) is 11.6. The summed E-state index contributed by atoms with van der Waals surface area (Å²) in [7, 11) is 0. The molecule has 1 aromatic rings. The van der Waals surface area contributed by atoms with Gasteiger partial charge < -0.3 is 9.84 Å². The molecule has 0 aliphatic heterocycles. The van der Waals surface area contributed by atoms with Gasteiger partial charge in [0.05, 0.1) is 13.2 Å². The molecule has 0 bridgehead atoms. The second-order valence-electron chi connectivity index (χ2n) is 5.21. The molecule has 0 aliphatic rings. The van der Waals surface area contributed by atoms with E-state index in [4.69, 9.17) is 9.84 Å². The first-order valence-corrected chi connectivity index (χ1v) is 5.62. The highest BCUT2D eigenvalue weighted by molar-refractivity contribution is 5.24. The predicted octanol–water partition coefficient (Wildman–Crippen LogP) is 2.70. The Balaban J connectivity index is 2.52. The summed E-state index contributed by atoms with van der Waals surface area (Å²) >= 11 is 0. The number of aliphatic hydroxyl groups is 1. The van der Waals surface area contributed by atoms with E-state index in [0.29, 0.717) is 12.5 Å². The Kier molecular flexibility index (Phi) is 4.30. The smallest absolute Gasteiger partial charge is 0.213 e. The topological polar surface area (TPSA) is 42.4 Å². The molecule has 0 fully saturated rings. The first kappa shape index (κ1) is 13.0. The summed E-state index contributed by atoms with van der Waals surface area (Å²) in [6.07, 6.45) is 0.996. The molecule has 3 heteroatoms. The van der Waals surface area contributed by atoms with Crippen LogP contribution in [-0.4, -0.2) is 16.7 Å². The molecular formula is C13H21NO2. The first-order chi connectivity index (χ1) is 7.42. The average Bonchev–Trinajstić information content (AvgIpc) is 2.16. The molecule has 1 heterocycles. The molecule has 0 saturated heterocycles. The van der Waals surface area contributed by atoms with Gasteiger partial charge in [0.15, 0.2) is 0 Å². The van der Waals surface area contributed by atoms with Gasteiger partial charge in [-0.2, -0.15) is 0 Å². The van der Waals surface area contributed by atoms with Crippen molar-refractivity contribution in [3.8, 4) is 5.88 Å². The van der Waals surface area contributed by atoms with Crippen molar-refractivity contribution in [2.45, 2.75) is 40.7 Å². The van der Waals surface area contributed by atoms with Gasteiger partial charge >= 0.3 is 0 Å². The van der Waals surface area contributed by atoms with E-state index < -0.39 is 0 Å². The minimum absolute atomic E-state index is 0.0289. The van der Waals surface area contributed by atoms with Gasteiger partial charge in [-0.1, -0.05) is 20.8 Å². The van der Waals surface area contributed by atoms with Crippen molar-refractivity contribution in [2.24, 2.45) is 5.41 Å². The van der Waals surface area contributed by atoms with Crippen molar-refractivity contribution in [3.05, 3.63) is 23.4 Å². The molecule has 0 saturated carbocycles. The lowest BCUT2D eigenvalue weighted by atomic mass is 9.93. The number of hydrogen-bond donors (Lipinski definition) is 1. The highest BCUT2D eigenvalue weighted by atomic mass is 16.5. The fourth-order valence-electron chi connectivity index (χ4n) is 1.28. The van der Waals surface area contributed by atoms with Crippen molar-refractivity contribution in [2.75, 3.05) is 6.61 Å². The molecule has 3 nitrogen and oxygen atoms in total. The maximum Gasteiger partial charge on any atom is 0.213 e. The van der Waals surface area contributed by atoms with E-state index in [0.717, 1.165) is 17.7 Å². The second-order valence-corrected chi connectivity index (χ2v) is 5.21. The summed E-state index contributed by atoms with van der Waals surface area (Å²) in [5.74, 6) is 0.638. The molecular weight excluding hydrogens is 202 g/mol. The summed E-state index contributed by atoms with van der Waals surface area (Å²) in [5.41, 5.74) is 1.96. The highest BCUT2D eigenvalue weighted by Gasteiger charge is 2.10. The SMILES string of the molecule is Cc1nc(OCCC(C)(C)C)ccc1CO. The molecule has 1 rings (SSSR count). The predicted molar refractivity (Wildman–Crippen MR) is 64.5 cm³/mol. The van der Waals surface area contributed by atoms with Crippen LogP contribution in [0.2, 0.25) is 0 Å². The van der Waals surface area contributed by atoms with Gasteiger partial charge in [0.1, 0.15) is 0 Å². The third kappa shape index (κ3) is 4.19. The minimum atomic E-state index is 0.0289. The highest BCUT2D eigenvalue weighted by Crippen LogP contribution is 2.19. The summed E-state index contributed by atoms with van der Waals surface area (Å²) < 4.78 is 5.57. The maximum absolute atomic E-state index is 9.01. The fourth-order valence-corrected chi connectivity index (χ4v) is 1.28. The van der Waals surface area contributed by atoms with Gasteiger partial charge in [-0.3, -0.25) is 0 Å². The van der Waals surface area contributed by atoms with E-state index in [2.05, 4.69) is 25.8 Å². The van der Waals surface area contributed by atoms with Crippen LogP contribution in [0.25, 0.3) is 0 Å². The minimum Gasteiger partial charge on any atom is -0.478 e. The number of aryl methyl sites for hydroxylation is 1. The van der Waals surface area contributed by atoms with E-state index in [-0.39, 0.29) is 12.0 Å². The van der Waals surface area contributed by atoms with E-state index in [9.17, 15) is 0 Å². The number of pyridine rings is 1. The summed E-state index contributed by atoms with van der Waals surface area (Å²) in [6.45, 7) is 9.13. The van der Waals surface area contributed by atoms with Gasteiger partial charge in [-0.05, 0) is 30.4 Å². The molecule has 1 N–H and O–H groups in total. The molecule has 90 valence electrons. The fraction of sp³-hybridized carbons (Fsp3) is 0.615. The second kappa shape index (κ2) is 5.30. The van der Waals surface area contributed by atoms with Crippen LogP contribution < -0.4 is 4.74 Å². The molecule has 0 amide bonds. The van der Waals surface area contributed by atoms with Crippen LogP contribution in [0, 0.1) is 12.3 Å². The standard InChI is InChI=1S/C13H21NO2/c1-10-11(9-15)5-6-12(14-10)16-8-7-13(2,3)4/h5-6,15H,7-9H2,1-4H3. The average molecular weight is 223 g/mol. The number of hydrogen-bond acceptors (Lipinski definition) is 3. The largest absolute Gasteiger partial charge is 0.478 e. The van der Waals surface area contributed by atoms with Crippen LogP contribution in [-0.2, 0) is 6.61 Å². The molecule has 0 radical (unpaired) electrons. The van der Waals surface area contributed by atoms with Crippen molar-refractivity contribution in [1.29, 1.82) is 0 Å². The van der Waals surface area contributed by atoms with Crippen LogP contribution in [0.5, 0.6) is 5.88 Å². The van der Waals surface area contributed by atoms with E-state index in [1.807, 2.05) is 13.0 Å². The lowest BCUT2D eigenvalue weighted by Gasteiger charge is -2.17. The number of aliphatic hydroxyl groups excluding tert-OH is 1. The lowest BCUT2D eigenvalue weighted by Crippen LogP contribution is -2.11. The monoisotopic (exact) mass is 223 g/mol. The molecule has 1 aromatic heterocycles. The van der Waals surface area contributed by atoms with Crippen LogP contribution in [0.4, 0.5) is 0 Å². The van der Waals surface area contributed by atoms with Crippen LogP contribution >= 0.6 is 0 Å². The zero-order chi connectivity index (χ0) is 12.2. The zero-order valence-electron chi connectivity index (χ0n) is 10.6. The number of aromatic nitrogens is 1. The van der Waals surface area contributed by atoms with E-state index >= 15 is 0 Å². The Labute approximate surface area is 97.5 Å². The zero-order valence-corrected chi connectivity index (χ0v) is 10.6. The van der Waals surface area contributed by atoms with Crippen molar-refractivity contribution >= 4 is 0 Å². The van der Waals surface area contributed by atoms with E-state index in [1.165, 1.54) is 0 Å². The first-order valence-electron chi connectivity index (χ1n) is 5.62. The number of ether oxygens (including phenoxy) is 1. The molecule has 0 atom stereocenters. The Morgan fingerprint density at radius 2 is 2.00 bits per heavy atom. The summed E-state index contributed by atoms with van der Waals surface area (Å²) in [5, 5.41) is 9.01. The molecule has 0 aliphatic carbocycles. The maximum atomic E-state index is 9.01. The molecule has 0 aromatic carbocycles. The van der Waals surface area contributed by atoms with Gasteiger partial charge in [0.25, 0.3) is 0 Å². The van der Waals surface area contributed by atoms with Gasteiger partial charge in [0.2, 0.25) is 5.88 Å². The summed E-state index contributed by atoms with van der Waals surface area (Å²) in [4.78, 5) is 4.28. The molecule has 16 heavy (non-hydrogen) atoms. The quantitative estimate of drug-likeness (QED) is 0.853. The Morgan fingerprint density at radius 1 is 1.31 bits per heavy atom. The molecule has 0 unspecified atom stereocenters. The number of rotatable bonds is 4. The van der Waals surface area contributed by atoms with Crippen LogP contribution in [0.15, 0.2) is 12.1 Å². The third-order valence-corrected chi connectivity index (χ3v) is 2.44. The van der Waals surface area contributed by atoms with Gasteiger partial charge in [-0.15, -0.1) is 0 Å². The van der Waals surface area contributed by atoms with Crippen LogP contribution in [0.3, 0.4) is 0 Å². The third-order valence-electron chi connectivity index (χ3n) is 2.44. The van der Waals surface area contributed by atoms with Crippen molar-refractivity contribution in [1.82, 2.24) is 4.98 Å². The summed E-state index contributed by atoms with van der Waals surface area (Å²) in [6, 6.07) is 3.66.